The number of hydrogen-bond donors (Lipinski definition) is 1. The molecule has 5 nitrogen and oxygen atoms in total. The summed E-state index contributed by atoms with van der Waals surface area (Å²) in [6.45, 7) is 0. The number of nitrogens with zero attached hydrogens (tertiary/aromatic N) is 2. The van der Waals surface area contributed by atoms with Crippen molar-refractivity contribution in [1.82, 2.24) is 4.98 Å². The number of pyridine rings is 1. The van der Waals surface area contributed by atoms with Gasteiger partial charge in [-0.3, -0.25) is 4.79 Å². The fourth-order valence-corrected chi connectivity index (χ4v) is 1.61. The number of aromatic nitrogens is 1. The Morgan fingerprint density at radius 2 is 2.20 bits per heavy atom. The Labute approximate surface area is 114 Å². The van der Waals surface area contributed by atoms with Crippen molar-refractivity contribution >= 4 is 11.7 Å². The maximum Gasteiger partial charge on any atom is 0.263 e. The molecule has 20 heavy (non-hydrogen) atoms. The molecule has 0 saturated carbocycles. The van der Waals surface area contributed by atoms with Crippen LogP contribution in [0.5, 0.6) is 5.75 Å². The first-order valence-corrected chi connectivity index (χ1v) is 5.65. The minimum absolute atomic E-state index is 0.135. The van der Waals surface area contributed by atoms with Crippen molar-refractivity contribution in [2.45, 2.75) is 0 Å². The smallest absolute Gasteiger partial charge is 0.263 e. The molecule has 0 aliphatic heterocycles. The molecule has 0 unspecified atom stereocenters. The quantitative estimate of drug-likeness (QED) is 0.929. The summed E-state index contributed by atoms with van der Waals surface area (Å²) in [4.78, 5) is 15.9. The van der Waals surface area contributed by atoms with E-state index in [1.54, 1.807) is 0 Å². The molecule has 1 amide bonds. The van der Waals surface area contributed by atoms with E-state index < -0.39 is 11.7 Å². The van der Waals surface area contributed by atoms with Crippen molar-refractivity contribution in [3.05, 3.63) is 53.5 Å². The molecular formula is C14H10FN3O2. The standard InChI is InChI=1S/C14H10FN3O2/c1-20-11-4-2-3-10(15)13(11)14(19)18-12-6-5-9(7-16)8-17-12/h2-6,8H,1H3,(H,17,18,19). The molecular weight excluding hydrogens is 261 g/mol. The molecule has 1 heterocycles. The molecule has 0 fully saturated rings. The molecule has 0 aliphatic rings. The number of carbonyl (C=O) groups is 1. The van der Waals surface area contributed by atoms with E-state index in [2.05, 4.69) is 10.3 Å². The Balaban J connectivity index is 2.26. The first-order valence-electron chi connectivity index (χ1n) is 5.65. The summed E-state index contributed by atoms with van der Waals surface area (Å²) in [7, 11) is 1.35. The monoisotopic (exact) mass is 271 g/mol. The molecule has 6 heteroatoms. The van der Waals surface area contributed by atoms with Gasteiger partial charge in [0.05, 0.1) is 12.7 Å². The average molecular weight is 271 g/mol. The number of nitriles is 1. The van der Waals surface area contributed by atoms with Crippen LogP contribution >= 0.6 is 0 Å². The first kappa shape index (κ1) is 13.5. The van der Waals surface area contributed by atoms with Crippen LogP contribution in [-0.2, 0) is 0 Å². The van der Waals surface area contributed by atoms with Crippen molar-refractivity contribution < 1.29 is 13.9 Å². The molecule has 1 aromatic carbocycles. The fraction of sp³-hybridized carbons (Fsp3) is 0.0714. The van der Waals surface area contributed by atoms with Gasteiger partial charge < -0.3 is 10.1 Å². The largest absolute Gasteiger partial charge is 0.496 e. The van der Waals surface area contributed by atoms with E-state index in [1.807, 2.05) is 6.07 Å². The molecule has 0 saturated heterocycles. The molecule has 0 atom stereocenters. The summed E-state index contributed by atoms with van der Waals surface area (Å²) >= 11 is 0. The zero-order valence-corrected chi connectivity index (χ0v) is 10.6. The molecule has 0 aliphatic carbocycles. The summed E-state index contributed by atoms with van der Waals surface area (Å²) in [5, 5.41) is 11.1. The number of anilines is 1. The van der Waals surface area contributed by atoms with E-state index in [0.717, 1.165) is 0 Å². The number of benzene rings is 1. The van der Waals surface area contributed by atoms with E-state index in [4.69, 9.17) is 10.00 Å². The minimum atomic E-state index is -0.685. The molecule has 100 valence electrons. The number of hydrogen-bond acceptors (Lipinski definition) is 4. The number of nitrogens with one attached hydrogen (secondary N) is 1. The van der Waals surface area contributed by atoms with Crippen LogP contribution in [0.3, 0.4) is 0 Å². The Morgan fingerprint density at radius 3 is 2.80 bits per heavy atom. The predicted octanol–water partition coefficient (Wildman–Crippen LogP) is 2.35. The van der Waals surface area contributed by atoms with Crippen molar-refractivity contribution in [2.75, 3.05) is 12.4 Å². The molecule has 0 bridgehead atoms. The Hall–Kier alpha value is -2.94. The second-order valence-corrected chi connectivity index (χ2v) is 3.82. The Bertz CT molecular complexity index is 678. The van der Waals surface area contributed by atoms with Gasteiger partial charge in [0.25, 0.3) is 5.91 Å². The highest BCUT2D eigenvalue weighted by Crippen LogP contribution is 2.22. The fourth-order valence-electron chi connectivity index (χ4n) is 1.61. The third-order valence-corrected chi connectivity index (χ3v) is 2.56. The van der Waals surface area contributed by atoms with Crippen LogP contribution in [0, 0.1) is 17.1 Å². The molecule has 0 radical (unpaired) electrons. The topological polar surface area (TPSA) is 75.0 Å². The lowest BCUT2D eigenvalue weighted by Crippen LogP contribution is -2.16. The highest BCUT2D eigenvalue weighted by molar-refractivity contribution is 6.05. The van der Waals surface area contributed by atoms with Crippen LogP contribution < -0.4 is 10.1 Å². The van der Waals surface area contributed by atoms with Gasteiger partial charge in [-0.05, 0) is 24.3 Å². The van der Waals surface area contributed by atoms with E-state index in [-0.39, 0.29) is 17.1 Å². The lowest BCUT2D eigenvalue weighted by Gasteiger charge is -2.09. The van der Waals surface area contributed by atoms with Gasteiger partial charge in [0.15, 0.2) is 0 Å². The SMILES string of the molecule is COc1cccc(F)c1C(=O)Nc1ccc(C#N)cn1. The van der Waals surface area contributed by atoms with Gasteiger partial charge >= 0.3 is 0 Å². The molecule has 1 N–H and O–H groups in total. The van der Waals surface area contributed by atoms with Crippen LogP contribution in [0.15, 0.2) is 36.5 Å². The molecule has 1 aromatic heterocycles. The number of amides is 1. The summed E-state index contributed by atoms with van der Waals surface area (Å²) in [6.07, 6.45) is 1.31. The number of rotatable bonds is 3. The second-order valence-electron chi connectivity index (χ2n) is 3.82. The van der Waals surface area contributed by atoms with Crippen LogP contribution in [-0.4, -0.2) is 18.0 Å². The van der Waals surface area contributed by atoms with Crippen LogP contribution in [0.25, 0.3) is 0 Å². The summed E-state index contributed by atoms with van der Waals surface area (Å²) in [5.74, 6) is -0.997. The van der Waals surface area contributed by atoms with Crippen molar-refractivity contribution in [1.29, 1.82) is 5.26 Å². The highest BCUT2D eigenvalue weighted by atomic mass is 19.1. The van der Waals surface area contributed by atoms with E-state index in [0.29, 0.717) is 5.56 Å². The van der Waals surface area contributed by atoms with E-state index in [9.17, 15) is 9.18 Å². The maximum atomic E-state index is 13.7. The van der Waals surface area contributed by atoms with Gasteiger partial charge in [-0.2, -0.15) is 5.26 Å². The Morgan fingerprint density at radius 1 is 1.40 bits per heavy atom. The maximum absolute atomic E-state index is 13.7. The van der Waals surface area contributed by atoms with Gasteiger partial charge in [-0.1, -0.05) is 6.07 Å². The van der Waals surface area contributed by atoms with Crippen LogP contribution in [0.1, 0.15) is 15.9 Å². The van der Waals surface area contributed by atoms with Crippen molar-refractivity contribution in [3.8, 4) is 11.8 Å². The summed E-state index contributed by atoms with van der Waals surface area (Å²) < 4.78 is 18.7. The summed E-state index contributed by atoms with van der Waals surface area (Å²) in [6, 6.07) is 8.98. The third-order valence-electron chi connectivity index (χ3n) is 2.56. The average Bonchev–Trinajstić information content (AvgIpc) is 2.47. The van der Waals surface area contributed by atoms with Gasteiger partial charge in [0.1, 0.15) is 29.0 Å². The van der Waals surface area contributed by atoms with Gasteiger partial charge in [-0.25, -0.2) is 9.37 Å². The van der Waals surface area contributed by atoms with E-state index >= 15 is 0 Å². The summed E-state index contributed by atoms with van der Waals surface area (Å²) in [5.41, 5.74) is 0.174. The zero-order chi connectivity index (χ0) is 14.5. The lowest BCUT2D eigenvalue weighted by molar-refractivity contribution is 0.101. The van der Waals surface area contributed by atoms with Crippen LogP contribution in [0.2, 0.25) is 0 Å². The number of ether oxygens (including phenoxy) is 1. The second kappa shape index (κ2) is 5.80. The number of halogens is 1. The lowest BCUT2D eigenvalue weighted by atomic mass is 10.1. The zero-order valence-electron chi connectivity index (χ0n) is 10.6. The number of methoxy groups -OCH3 is 1. The minimum Gasteiger partial charge on any atom is -0.496 e. The van der Waals surface area contributed by atoms with Gasteiger partial charge in [0, 0.05) is 6.20 Å². The Kier molecular flexibility index (Phi) is 3.91. The van der Waals surface area contributed by atoms with Crippen LogP contribution in [0.4, 0.5) is 10.2 Å². The number of carbonyl (C=O) groups excluding carboxylic acids is 1. The highest BCUT2D eigenvalue weighted by Gasteiger charge is 2.17. The normalized spacial score (nSPS) is 9.65. The van der Waals surface area contributed by atoms with Crippen molar-refractivity contribution in [3.63, 3.8) is 0 Å². The van der Waals surface area contributed by atoms with Crippen molar-refractivity contribution in [2.24, 2.45) is 0 Å². The molecule has 0 spiro atoms. The van der Waals surface area contributed by atoms with Gasteiger partial charge in [-0.15, -0.1) is 0 Å². The third kappa shape index (κ3) is 2.72. The first-order chi connectivity index (χ1) is 9.65. The molecule has 2 aromatic rings. The molecule has 2 rings (SSSR count). The van der Waals surface area contributed by atoms with Gasteiger partial charge in [0.2, 0.25) is 0 Å². The predicted molar refractivity (Wildman–Crippen MR) is 69.9 cm³/mol. The van der Waals surface area contributed by atoms with E-state index in [1.165, 1.54) is 43.6 Å².